The third kappa shape index (κ3) is 3.00. The van der Waals surface area contributed by atoms with Crippen molar-refractivity contribution in [1.29, 1.82) is 0 Å². The van der Waals surface area contributed by atoms with Gasteiger partial charge in [0.1, 0.15) is 0 Å². The number of aryl methyl sites for hydroxylation is 1. The molecule has 2 heterocycles. The molecule has 3 aromatic rings. The highest BCUT2D eigenvalue weighted by Crippen LogP contribution is 2.19. The van der Waals surface area contributed by atoms with Crippen LogP contribution < -0.4 is 5.32 Å². The van der Waals surface area contributed by atoms with Gasteiger partial charge in [0, 0.05) is 37.5 Å². The fourth-order valence-electron chi connectivity index (χ4n) is 2.53. The molecule has 0 aliphatic heterocycles. The average Bonchev–Trinajstić information content (AvgIpc) is 3.04. The SMILES string of the molecule is CC(C)NCc1ccc2c(ccn2Cc2cncn2C)c1. The summed E-state index contributed by atoms with van der Waals surface area (Å²) in [6, 6.07) is 9.38. The summed E-state index contributed by atoms with van der Waals surface area (Å²) in [5.41, 5.74) is 3.80. The van der Waals surface area contributed by atoms with E-state index < -0.39 is 0 Å². The quantitative estimate of drug-likeness (QED) is 0.781. The Kier molecular flexibility index (Phi) is 3.80. The third-order valence-corrected chi connectivity index (χ3v) is 3.80. The van der Waals surface area contributed by atoms with Crippen LogP contribution in [0, 0.1) is 0 Å². The number of rotatable bonds is 5. The van der Waals surface area contributed by atoms with E-state index in [0.717, 1.165) is 13.1 Å². The molecule has 4 heteroatoms. The van der Waals surface area contributed by atoms with Crippen molar-refractivity contribution in [2.45, 2.75) is 33.0 Å². The molecule has 0 saturated carbocycles. The topological polar surface area (TPSA) is 34.8 Å². The molecule has 1 aromatic carbocycles. The first-order chi connectivity index (χ1) is 10.1. The van der Waals surface area contributed by atoms with Gasteiger partial charge in [-0.1, -0.05) is 19.9 Å². The zero-order valence-corrected chi connectivity index (χ0v) is 12.9. The van der Waals surface area contributed by atoms with E-state index >= 15 is 0 Å². The molecule has 0 atom stereocenters. The second-order valence-electron chi connectivity index (χ2n) is 5.87. The molecule has 0 spiro atoms. The number of aromatic nitrogens is 3. The molecular formula is C17H22N4. The lowest BCUT2D eigenvalue weighted by molar-refractivity contribution is 0.589. The second-order valence-corrected chi connectivity index (χ2v) is 5.87. The fourth-order valence-corrected chi connectivity index (χ4v) is 2.53. The van der Waals surface area contributed by atoms with E-state index in [0.29, 0.717) is 6.04 Å². The molecule has 0 unspecified atom stereocenters. The highest BCUT2D eigenvalue weighted by atomic mass is 15.1. The summed E-state index contributed by atoms with van der Waals surface area (Å²) < 4.78 is 4.33. The minimum absolute atomic E-state index is 0.509. The summed E-state index contributed by atoms with van der Waals surface area (Å²) in [4.78, 5) is 4.18. The van der Waals surface area contributed by atoms with Gasteiger partial charge in [-0.15, -0.1) is 0 Å². The van der Waals surface area contributed by atoms with Crippen LogP contribution in [0.15, 0.2) is 43.0 Å². The Bertz CT molecular complexity index is 736. The Hall–Kier alpha value is -2.07. The van der Waals surface area contributed by atoms with Crippen LogP contribution >= 0.6 is 0 Å². The molecule has 0 aliphatic rings. The van der Waals surface area contributed by atoms with Gasteiger partial charge in [0.2, 0.25) is 0 Å². The van der Waals surface area contributed by atoms with Gasteiger partial charge in [0.25, 0.3) is 0 Å². The summed E-state index contributed by atoms with van der Waals surface area (Å²) in [7, 11) is 2.03. The molecule has 1 N–H and O–H groups in total. The summed E-state index contributed by atoms with van der Waals surface area (Å²) in [5, 5.41) is 4.75. The van der Waals surface area contributed by atoms with E-state index in [9.17, 15) is 0 Å². The largest absolute Gasteiger partial charge is 0.341 e. The molecule has 0 fully saturated rings. The maximum absolute atomic E-state index is 4.18. The maximum atomic E-state index is 4.18. The van der Waals surface area contributed by atoms with Crippen molar-refractivity contribution in [3.8, 4) is 0 Å². The van der Waals surface area contributed by atoms with Crippen LogP contribution in [-0.2, 0) is 20.1 Å². The standard InChI is InChI=1S/C17H22N4/c1-13(2)19-9-14-4-5-17-15(8-14)6-7-21(17)11-16-10-18-12-20(16)3/h4-8,10,12-13,19H,9,11H2,1-3H3. The van der Waals surface area contributed by atoms with Crippen molar-refractivity contribution in [2.24, 2.45) is 7.05 Å². The van der Waals surface area contributed by atoms with Crippen molar-refractivity contribution < 1.29 is 0 Å². The number of nitrogens with zero attached hydrogens (tertiary/aromatic N) is 3. The highest BCUT2D eigenvalue weighted by Gasteiger charge is 2.05. The number of nitrogens with one attached hydrogen (secondary N) is 1. The van der Waals surface area contributed by atoms with Crippen LogP contribution in [0.3, 0.4) is 0 Å². The molecule has 4 nitrogen and oxygen atoms in total. The Morgan fingerprint density at radius 2 is 2.10 bits per heavy atom. The molecule has 0 bridgehead atoms. The molecule has 0 saturated heterocycles. The van der Waals surface area contributed by atoms with Crippen LogP contribution in [0.1, 0.15) is 25.1 Å². The molecule has 0 aliphatic carbocycles. The van der Waals surface area contributed by atoms with E-state index in [1.54, 1.807) is 0 Å². The monoisotopic (exact) mass is 282 g/mol. The zero-order valence-electron chi connectivity index (χ0n) is 12.9. The van der Waals surface area contributed by atoms with Crippen molar-refractivity contribution in [3.63, 3.8) is 0 Å². The number of fused-ring (bicyclic) bond motifs is 1. The fraction of sp³-hybridized carbons (Fsp3) is 0.353. The average molecular weight is 282 g/mol. The van der Waals surface area contributed by atoms with Gasteiger partial charge < -0.3 is 14.5 Å². The van der Waals surface area contributed by atoms with Gasteiger partial charge in [0.15, 0.2) is 0 Å². The van der Waals surface area contributed by atoms with Gasteiger partial charge in [-0.25, -0.2) is 4.98 Å². The summed E-state index contributed by atoms with van der Waals surface area (Å²) in [6.45, 7) is 6.11. The molecule has 110 valence electrons. The molecule has 0 radical (unpaired) electrons. The van der Waals surface area contributed by atoms with E-state index in [1.807, 2.05) is 19.6 Å². The lowest BCUT2D eigenvalue weighted by atomic mass is 10.1. The van der Waals surface area contributed by atoms with E-state index in [2.05, 4.69) is 63.7 Å². The number of hydrogen-bond donors (Lipinski definition) is 1. The van der Waals surface area contributed by atoms with E-state index in [-0.39, 0.29) is 0 Å². The van der Waals surface area contributed by atoms with E-state index in [4.69, 9.17) is 0 Å². The Morgan fingerprint density at radius 3 is 2.81 bits per heavy atom. The van der Waals surface area contributed by atoms with Crippen LogP contribution in [0.2, 0.25) is 0 Å². The first kappa shape index (κ1) is 13.9. The lowest BCUT2D eigenvalue weighted by Gasteiger charge is -2.09. The first-order valence-electron chi connectivity index (χ1n) is 7.40. The molecule has 3 rings (SSSR count). The summed E-state index contributed by atoms with van der Waals surface area (Å²) >= 11 is 0. The van der Waals surface area contributed by atoms with Crippen LogP contribution in [0.4, 0.5) is 0 Å². The predicted molar refractivity (Wildman–Crippen MR) is 86.2 cm³/mol. The number of imidazole rings is 1. The van der Waals surface area contributed by atoms with Crippen molar-refractivity contribution in [3.05, 3.63) is 54.2 Å². The Morgan fingerprint density at radius 1 is 1.24 bits per heavy atom. The number of hydrogen-bond acceptors (Lipinski definition) is 2. The second kappa shape index (κ2) is 5.74. The van der Waals surface area contributed by atoms with Gasteiger partial charge in [-0.3, -0.25) is 0 Å². The summed E-state index contributed by atoms with van der Waals surface area (Å²) in [5.74, 6) is 0. The Balaban J connectivity index is 1.84. The van der Waals surface area contributed by atoms with Crippen molar-refractivity contribution in [1.82, 2.24) is 19.4 Å². The minimum Gasteiger partial charge on any atom is -0.341 e. The summed E-state index contributed by atoms with van der Waals surface area (Å²) in [6.07, 6.45) is 5.92. The lowest BCUT2D eigenvalue weighted by Crippen LogP contribution is -2.21. The van der Waals surface area contributed by atoms with Gasteiger partial charge >= 0.3 is 0 Å². The van der Waals surface area contributed by atoms with Gasteiger partial charge in [-0.2, -0.15) is 0 Å². The van der Waals surface area contributed by atoms with Crippen molar-refractivity contribution in [2.75, 3.05) is 0 Å². The third-order valence-electron chi connectivity index (χ3n) is 3.80. The van der Waals surface area contributed by atoms with E-state index in [1.165, 1.54) is 22.2 Å². The van der Waals surface area contributed by atoms with Crippen LogP contribution in [0.5, 0.6) is 0 Å². The van der Waals surface area contributed by atoms with Gasteiger partial charge in [0.05, 0.1) is 18.6 Å². The highest BCUT2D eigenvalue weighted by molar-refractivity contribution is 5.81. The molecule has 2 aromatic heterocycles. The predicted octanol–water partition coefficient (Wildman–Crippen LogP) is 2.92. The number of benzene rings is 1. The van der Waals surface area contributed by atoms with Crippen LogP contribution in [0.25, 0.3) is 10.9 Å². The minimum atomic E-state index is 0.509. The van der Waals surface area contributed by atoms with Crippen molar-refractivity contribution >= 4 is 10.9 Å². The zero-order chi connectivity index (χ0) is 14.8. The maximum Gasteiger partial charge on any atom is 0.0946 e. The smallest absolute Gasteiger partial charge is 0.0946 e. The normalized spacial score (nSPS) is 11.6. The molecular weight excluding hydrogens is 260 g/mol. The first-order valence-corrected chi connectivity index (χ1v) is 7.40. The van der Waals surface area contributed by atoms with Crippen LogP contribution in [-0.4, -0.2) is 20.2 Å². The molecule has 21 heavy (non-hydrogen) atoms. The Labute approximate surface area is 125 Å². The molecule has 0 amide bonds. The van der Waals surface area contributed by atoms with Gasteiger partial charge in [-0.05, 0) is 29.1 Å².